The Morgan fingerprint density at radius 3 is 2.57 bits per heavy atom. The van der Waals surface area contributed by atoms with Gasteiger partial charge in [-0.15, -0.1) is 0 Å². The molecule has 4 nitrogen and oxygen atoms in total. The van der Waals surface area contributed by atoms with Gasteiger partial charge in [0.1, 0.15) is 5.82 Å². The number of carbonyl (C=O) groups is 1. The minimum Gasteiger partial charge on any atom is -0.322 e. The Morgan fingerprint density at radius 2 is 1.83 bits per heavy atom. The van der Waals surface area contributed by atoms with Crippen molar-refractivity contribution in [3.05, 3.63) is 70.5 Å². The van der Waals surface area contributed by atoms with Crippen molar-refractivity contribution in [2.75, 3.05) is 33.2 Å². The highest BCUT2D eigenvalue weighted by Gasteiger charge is 2.36. The SMILES string of the molecule is CN1C(=O)N(Cc2ccccc2)CC1CN1CCC(Cc2cc(F)ccc2Cl)CC1. The van der Waals surface area contributed by atoms with Crippen LogP contribution in [0.5, 0.6) is 0 Å². The minimum absolute atomic E-state index is 0.111. The first-order valence-corrected chi connectivity index (χ1v) is 11.1. The van der Waals surface area contributed by atoms with Crippen LogP contribution in [0.3, 0.4) is 0 Å². The molecule has 2 amide bonds. The zero-order valence-electron chi connectivity index (χ0n) is 17.4. The van der Waals surface area contributed by atoms with Gasteiger partial charge >= 0.3 is 6.03 Å². The lowest BCUT2D eigenvalue weighted by atomic mass is 9.90. The first kappa shape index (κ1) is 21.1. The fourth-order valence-electron chi connectivity index (χ4n) is 4.63. The van der Waals surface area contributed by atoms with Crippen molar-refractivity contribution in [1.29, 1.82) is 0 Å². The van der Waals surface area contributed by atoms with Crippen molar-refractivity contribution in [2.24, 2.45) is 5.92 Å². The molecule has 0 bridgehead atoms. The monoisotopic (exact) mass is 429 g/mol. The van der Waals surface area contributed by atoms with Gasteiger partial charge in [-0.1, -0.05) is 41.9 Å². The number of piperidine rings is 1. The Balaban J connectivity index is 1.27. The van der Waals surface area contributed by atoms with Crippen LogP contribution in [-0.2, 0) is 13.0 Å². The van der Waals surface area contributed by atoms with Crippen LogP contribution < -0.4 is 0 Å². The third-order valence-electron chi connectivity index (χ3n) is 6.46. The second kappa shape index (κ2) is 9.36. The third kappa shape index (κ3) is 4.96. The largest absolute Gasteiger partial charge is 0.322 e. The molecule has 4 rings (SSSR count). The molecule has 1 atom stereocenters. The predicted molar refractivity (Wildman–Crippen MR) is 118 cm³/mol. The summed E-state index contributed by atoms with van der Waals surface area (Å²) in [5.41, 5.74) is 2.07. The molecule has 160 valence electrons. The van der Waals surface area contributed by atoms with Gasteiger partial charge in [-0.05, 0) is 67.6 Å². The summed E-state index contributed by atoms with van der Waals surface area (Å²) < 4.78 is 13.5. The second-order valence-corrected chi connectivity index (χ2v) is 9.00. The lowest BCUT2D eigenvalue weighted by molar-refractivity contribution is 0.149. The second-order valence-electron chi connectivity index (χ2n) is 8.60. The van der Waals surface area contributed by atoms with Crippen molar-refractivity contribution in [1.82, 2.24) is 14.7 Å². The lowest BCUT2D eigenvalue weighted by Crippen LogP contribution is -2.44. The maximum absolute atomic E-state index is 13.5. The molecular weight excluding hydrogens is 401 g/mol. The first-order valence-electron chi connectivity index (χ1n) is 10.7. The topological polar surface area (TPSA) is 26.8 Å². The Labute approximate surface area is 183 Å². The lowest BCUT2D eigenvalue weighted by Gasteiger charge is -2.34. The van der Waals surface area contributed by atoms with Crippen molar-refractivity contribution in [2.45, 2.75) is 31.8 Å². The molecular formula is C24H29ClFN3O. The normalized spacial score (nSPS) is 20.9. The van der Waals surface area contributed by atoms with Gasteiger partial charge in [0.2, 0.25) is 0 Å². The van der Waals surface area contributed by atoms with Crippen molar-refractivity contribution in [3.8, 4) is 0 Å². The van der Waals surface area contributed by atoms with E-state index in [2.05, 4.69) is 17.0 Å². The van der Waals surface area contributed by atoms with E-state index in [4.69, 9.17) is 11.6 Å². The quantitative estimate of drug-likeness (QED) is 0.667. The summed E-state index contributed by atoms with van der Waals surface area (Å²) in [6, 6.07) is 15.1. The smallest absolute Gasteiger partial charge is 0.320 e. The first-order chi connectivity index (χ1) is 14.5. The van der Waals surface area contributed by atoms with E-state index in [0.29, 0.717) is 17.5 Å². The van der Waals surface area contributed by atoms with Gasteiger partial charge in [0.25, 0.3) is 0 Å². The van der Waals surface area contributed by atoms with Gasteiger partial charge in [0.05, 0.1) is 6.04 Å². The zero-order chi connectivity index (χ0) is 21.1. The molecule has 2 fully saturated rings. The van der Waals surface area contributed by atoms with Crippen LogP contribution in [-0.4, -0.2) is 60.0 Å². The summed E-state index contributed by atoms with van der Waals surface area (Å²) in [6.45, 7) is 4.35. The highest BCUT2D eigenvalue weighted by molar-refractivity contribution is 6.31. The van der Waals surface area contributed by atoms with E-state index in [1.165, 1.54) is 6.07 Å². The summed E-state index contributed by atoms with van der Waals surface area (Å²) in [5.74, 6) is 0.305. The van der Waals surface area contributed by atoms with E-state index >= 15 is 0 Å². The van der Waals surface area contributed by atoms with Gasteiger partial charge in [-0.2, -0.15) is 0 Å². The molecule has 0 aromatic heterocycles. The van der Waals surface area contributed by atoms with E-state index < -0.39 is 0 Å². The maximum atomic E-state index is 13.5. The Kier molecular flexibility index (Phi) is 6.59. The summed E-state index contributed by atoms with van der Waals surface area (Å²) in [7, 11) is 1.91. The van der Waals surface area contributed by atoms with E-state index in [1.807, 2.05) is 35.0 Å². The number of urea groups is 1. The molecule has 6 heteroatoms. The van der Waals surface area contributed by atoms with E-state index in [0.717, 1.165) is 56.6 Å². The highest BCUT2D eigenvalue weighted by Crippen LogP contribution is 2.27. The number of halogens is 2. The molecule has 2 aromatic carbocycles. The molecule has 1 unspecified atom stereocenters. The van der Waals surface area contributed by atoms with Crippen LogP contribution in [0.4, 0.5) is 9.18 Å². The molecule has 0 N–H and O–H groups in total. The Hall–Kier alpha value is -2.11. The molecule has 0 radical (unpaired) electrons. The van der Waals surface area contributed by atoms with Crippen molar-refractivity contribution in [3.63, 3.8) is 0 Å². The van der Waals surface area contributed by atoms with Gasteiger partial charge in [-0.25, -0.2) is 9.18 Å². The molecule has 0 saturated carbocycles. The molecule has 2 aliphatic rings. The number of benzene rings is 2. The number of likely N-dealkylation sites (N-methyl/N-ethyl adjacent to an activating group) is 1. The summed E-state index contributed by atoms with van der Waals surface area (Å²) in [4.78, 5) is 19.0. The van der Waals surface area contributed by atoms with Crippen LogP contribution in [0.25, 0.3) is 0 Å². The molecule has 2 aliphatic heterocycles. The Bertz CT molecular complexity index is 870. The number of hydrogen-bond acceptors (Lipinski definition) is 2. The maximum Gasteiger partial charge on any atom is 0.320 e. The van der Waals surface area contributed by atoms with Gasteiger partial charge in [-0.3, -0.25) is 0 Å². The predicted octanol–water partition coefficient (Wildman–Crippen LogP) is 4.67. The van der Waals surface area contributed by atoms with Crippen molar-refractivity contribution < 1.29 is 9.18 Å². The Morgan fingerprint density at radius 1 is 1.10 bits per heavy atom. The van der Waals surface area contributed by atoms with Crippen LogP contribution in [0.1, 0.15) is 24.0 Å². The molecule has 30 heavy (non-hydrogen) atoms. The molecule has 2 heterocycles. The standard InChI is InChI=1S/C24H29ClFN3O/c1-27-22(17-29(24(27)30)15-19-5-3-2-4-6-19)16-28-11-9-18(10-12-28)13-20-14-21(26)7-8-23(20)25/h2-8,14,18,22H,9-13,15-17H2,1H3. The van der Waals surface area contributed by atoms with Gasteiger partial charge in [0, 0.05) is 31.7 Å². The number of carbonyl (C=O) groups excluding carboxylic acids is 1. The van der Waals surface area contributed by atoms with E-state index in [1.54, 1.807) is 12.1 Å². The molecule has 0 spiro atoms. The summed E-state index contributed by atoms with van der Waals surface area (Å²) in [5, 5.41) is 0.656. The third-order valence-corrected chi connectivity index (χ3v) is 6.83. The number of likely N-dealkylation sites (tertiary alicyclic amines) is 1. The molecule has 2 aromatic rings. The van der Waals surface area contributed by atoms with Crippen LogP contribution in [0.2, 0.25) is 5.02 Å². The number of amides is 2. The van der Waals surface area contributed by atoms with Crippen LogP contribution in [0.15, 0.2) is 48.5 Å². The molecule has 0 aliphatic carbocycles. The number of nitrogens with zero attached hydrogens (tertiary/aromatic N) is 3. The fourth-order valence-corrected chi connectivity index (χ4v) is 4.83. The van der Waals surface area contributed by atoms with Crippen molar-refractivity contribution >= 4 is 17.6 Å². The average molecular weight is 430 g/mol. The van der Waals surface area contributed by atoms with Gasteiger partial charge < -0.3 is 14.7 Å². The minimum atomic E-state index is -0.221. The van der Waals surface area contributed by atoms with Gasteiger partial charge in [0.15, 0.2) is 0 Å². The van der Waals surface area contributed by atoms with E-state index in [-0.39, 0.29) is 17.9 Å². The summed E-state index contributed by atoms with van der Waals surface area (Å²) >= 11 is 6.24. The van der Waals surface area contributed by atoms with Crippen LogP contribution >= 0.6 is 11.6 Å². The fraction of sp³-hybridized carbons (Fsp3) is 0.458. The highest BCUT2D eigenvalue weighted by atomic mass is 35.5. The average Bonchev–Trinajstić information content (AvgIpc) is 3.00. The number of rotatable bonds is 6. The number of hydrogen-bond donors (Lipinski definition) is 0. The van der Waals surface area contributed by atoms with Crippen LogP contribution in [0, 0.1) is 11.7 Å². The summed E-state index contributed by atoms with van der Waals surface area (Å²) in [6.07, 6.45) is 2.98. The van der Waals surface area contributed by atoms with E-state index in [9.17, 15) is 9.18 Å². The zero-order valence-corrected chi connectivity index (χ0v) is 18.2. The molecule has 2 saturated heterocycles.